The van der Waals surface area contributed by atoms with Crippen LogP contribution in [-0.2, 0) is 0 Å². The summed E-state index contributed by atoms with van der Waals surface area (Å²) in [5.41, 5.74) is 0.211. The molecule has 1 aliphatic rings. The monoisotopic (exact) mass is 316 g/mol. The Morgan fingerprint density at radius 1 is 1.71 bits per heavy atom. The number of halogens is 1. The molecule has 92 valence electrons. The first kappa shape index (κ1) is 12.7. The number of anilines is 1. The maximum Gasteiger partial charge on any atom is 0.339 e. The molecule has 1 aromatic heterocycles. The van der Waals surface area contributed by atoms with Crippen molar-refractivity contribution in [1.29, 1.82) is 0 Å². The van der Waals surface area contributed by atoms with Crippen molar-refractivity contribution in [3.05, 3.63) is 22.3 Å². The molecule has 0 aliphatic carbocycles. The van der Waals surface area contributed by atoms with Crippen LogP contribution in [0.5, 0.6) is 0 Å². The van der Waals surface area contributed by atoms with E-state index in [-0.39, 0.29) is 5.56 Å². The first-order chi connectivity index (χ1) is 8.16. The van der Waals surface area contributed by atoms with Crippen molar-refractivity contribution in [2.45, 2.75) is 18.1 Å². The van der Waals surface area contributed by atoms with Crippen LogP contribution in [0, 0.1) is 0 Å². The van der Waals surface area contributed by atoms with Crippen molar-refractivity contribution in [2.75, 3.05) is 17.6 Å². The van der Waals surface area contributed by atoms with E-state index < -0.39 is 5.97 Å². The number of nitrogens with one attached hydrogen (secondary N) is 1. The van der Waals surface area contributed by atoms with Gasteiger partial charge in [-0.25, -0.2) is 9.78 Å². The molecule has 0 saturated carbocycles. The third kappa shape index (κ3) is 3.35. The fraction of sp³-hybridized carbons (Fsp3) is 0.455. The molecule has 6 heteroatoms. The van der Waals surface area contributed by atoms with Crippen molar-refractivity contribution in [1.82, 2.24) is 4.98 Å². The fourth-order valence-electron chi connectivity index (χ4n) is 1.76. The molecule has 0 aromatic carbocycles. The molecule has 1 aromatic rings. The number of hydrogen-bond donors (Lipinski definition) is 2. The third-order valence-electron chi connectivity index (χ3n) is 2.61. The highest BCUT2D eigenvalue weighted by Crippen LogP contribution is 2.26. The van der Waals surface area contributed by atoms with E-state index >= 15 is 0 Å². The number of hydrogen-bond acceptors (Lipinski definition) is 4. The van der Waals surface area contributed by atoms with Crippen LogP contribution in [0.3, 0.4) is 0 Å². The second kappa shape index (κ2) is 5.73. The number of aromatic carboxylic acids is 1. The number of carboxylic acid groups (broad SMARTS) is 1. The predicted molar refractivity (Wildman–Crippen MR) is 72.9 cm³/mol. The lowest BCUT2D eigenvalue weighted by molar-refractivity contribution is 0.0697. The summed E-state index contributed by atoms with van der Waals surface area (Å²) in [5.74, 6) is 0.694. The van der Waals surface area contributed by atoms with Gasteiger partial charge in [-0.1, -0.05) is 0 Å². The Morgan fingerprint density at radius 3 is 3.18 bits per heavy atom. The molecule has 2 N–H and O–H groups in total. The van der Waals surface area contributed by atoms with Crippen LogP contribution in [-0.4, -0.2) is 33.6 Å². The molecule has 1 aliphatic heterocycles. The summed E-state index contributed by atoms with van der Waals surface area (Å²) in [6.07, 6.45) is 4.05. The van der Waals surface area contributed by atoms with Gasteiger partial charge in [-0.2, -0.15) is 11.8 Å². The molecule has 1 atom stereocenters. The molecule has 4 nitrogen and oxygen atoms in total. The van der Waals surface area contributed by atoms with Crippen LogP contribution in [0.4, 0.5) is 5.82 Å². The van der Waals surface area contributed by atoms with Gasteiger partial charge in [0, 0.05) is 22.5 Å². The molecule has 2 heterocycles. The first-order valence-corrected chi connectivity index (χ1v) is 7.25. The largest absolute Gasteiger partial charge is 0.478 e. The molecule has 0 amide bonds. The minimum absolute atomic E-state index is 0.211. The molecule has 0 bridgehead atoms. The third-order valence-corrected chi connectivity index (χ3v) is 4.44. The van der Waals surface area contributed by atoms with E-state index in [1.54, 1.807) is 12.3 Å². The van der Waals surface area contributed by atoms with Gasteiger partial charge in [0.05, 0.1) is 0 Å². The minimum Gasteiger partial charge on any atom is -0.478 e. The number of nitrogens with zero attached hydrogens (tertiary/aromatic N) is 1. The Hall–Kier alpha value is -0.750. The molecule has 1 saturated heterocycles. The predicted octanol–water partition coefficient (Wildman–Crippen LogP) is 2.85. The average Bonchev–Trinajstić information content (AvgIpc) is 2.80. The Morgan fingerprint density at radius 2 is 2.53 bits per heavy atom. The summed E-state index contributed by atoms with van der Waals surface area (Å²) < 4.78 is 0.677. The molecule has 2 rings (SSSR count). The van der Waals surface area contributed by atoms with E-state index in [1.165, 1.54) is 18.6 Å². The van der Waals surface area contributed by atoms with Gasteiger partial charge < -0.3 is 10.4 Å². The van der Waals surface area contributed by atoms with Gasteiger partial charge in [-0.15, -0.1) is 0 Å². The molecule has 17 heavy (non-hydrogen) atoms. The number of rotatable bonds is 4. The van der Waals surface area contributed by atoms with E-state index in [0.717, 1.165) is 6.54 Å². The summed E-state index contributed by atoms with van der Waals surface area (Å²) in [6, 6.07) is 1.57. The first-order valence-electron chi connectivity index (χ1n) is 5.41. The quantitative estimate of drug-likeness (QED) is 0.894. The second-order valence-electron chi connectivity index (χ2n) is 3.87. The van der Waals surface area contributed by atoms with Gasteiger partial charge in [-0.05, 0) is 40.6 Å². The van der Waals surface area contributed by atoms with Crippen LogP contribution in [0.2, 0.25) is 0 Å². The lowest BCUT2D eigenvalue weighted by Crippen LogP contribution is -2.16. The molecule has 0 spiro atoms. The summed E-state index contributed by atoms with van der Waals surface area (Å²) in [6.45, 7) is 0.777. The van der Waals surface area contributed by atoms with Crippen LogP contribution >= 0.6 is 27.7 Å². The van der Waals surface area contributed by atoms with Gasteiger partial charge >= 0.3 is 5.97 Å². The topological polar surface area (TPSA) is 62.2 Å². The molecular formula is C11H13BrN2O2S. The summed E-state index contributed by atoms with van der Waals surface area (Å²) in [4.78, 5) is 15.2. The Labute approximate surface area is 112 Å². The second-order valence-corrected chi connectivity index (χ2v) is 6.19. The lowest BCUT2D eigenvalue weighted by Gasteiger charge is -2.12. The number of pyridine rings is 1. The van der Waals surface area contributed by atoms with Crippen LogP contribution in [0.1, 0.15) is 23.2 Å². The Bertz CT molecular complexity index is 422. The zero-order valence-electron chi connectivity index (χ0n) is 9.15. The van der Waals surface area contributed by atoms with Crippen molar-refractivity contribution in [3.8, 4) is 0 Å². The standard InChI is InChI=1S/C11H13BrN2O2S/c12-7-4-9(11(15)16)10(13-5-7)14-6-8-2-1-3-17-8/h4-5,8H,1-3,6H2,(H,13,14)(H,15,16). The van der Waals surface area contributed by atoms with E-state index in [2.05, 4.69) is 26.2 Å². The number of thioether (sulfide) groups is 1. The smallest absolute Gasteiger partial charge is 0.339 e. The summed E-state index contributed by atoms with van der Waals surface area (Å²) in [7, 11) is 0. The highest BCUT2D eigenvalue weighted by Gasteiger charge is 2.17. The maximum absolute atomic E-state index is 11.1. The Balaban J connectivity index is 2.06. The number of carboxylic acids is 1. The zero-order valence-corrected chi connectivity index (χ0v) is 11.6. The van der Waals surface area contributed by atoms with E-state index in [4.69, 9.17) is 5.11 Å². The summed E-state index contributed by atoms with van der Waals surface area (Å²) in [5, 5.41) is 12.8. The van der Waals surface area contributed by atoms with Crippen LogP contribution < -0.4 is 5.32 Å². The van der Waals surface area contributed by atoms with Crippen molar-refractivity contribution >= 4 is 39.5 Å². The van der Waals surface area contributed by atoms with Gasteiger partial charge in [0.25, 0.3) is 0 Å². The number of aromatic nitrogens is 1. The van der Waals surface area contributed by atoms with E-state index in [9.17, 15) is 4.79 Å². The van der Waals surface area contributed by atoms with Gasteiger partial charge in [0.1, 0.15) is 11.4 Å². The van der Waals surface area contributed by atoms with Crippen LogP contribution in [0.25, 0.3) is 0 Å². The van der Waals surface area contributed by atoms with E-state index in [0.29, 0.717) is 15.5 Å². The van der Waals surface area contributed by atoms with Crippen LogP contribution in [0.15, 0.2) is 16.7 Å². The highest BCUT2D eigenvalue weighted by molar-refractivity contribution is 9.10. The average molecular weight is 317 g/mol. The SMILES string of the molecule is O=C(O)c1cc(Br)cnc1NCC1CCCS1. The highest BCUT2D eigenvalue weighted by atomic mass is 79.9. The fourth-order valence-corrected chi connectivity index (χ4v) is 3.29. The maximum atomic E-state index is 11.1. The lowest BCUT2D eigenvalue weighted by atomic mass is 10.2. The normalized spacial score (nSPS) is 19.2. The van der Waals surface area contributed by atoms with Crippen molar-refractivity contribution in [2.24, 2.45) is 0 Å². The van der Waals surface area contributed by atoms with Gasteiger partial charge in [0.15, 0.2) is 0 Å². The zero-order chi connectivity index (χ0) is 12.3. The molecule has 0 radical (unpaired) electrons. The summed E-state index contributed by atoms with van der Waals surface area (Å²) >= 11 is 5.16. The van der Waals surface area contributed by atoms with E-state index in [1.807, 2.05) is 11.8 Å². The van der Waals surface area contributed by atoms with Crippen molar-refractivity contribution < 1.29 is 9.90 Å². The Kier molecular flexibility index (Phi) is 4.28. The van der Waals surface area contributed by atoms with Gasteiger partial charge in [0.2, 0.25) is 0 Å². The molecule has 1 unspecified atom stereocenters. The van der Waals surface area contributed by atoms with Crippen molar-refractivity contribution in [3.63, 3.8) is 0 Å². The number of carbonyl (C=O) groups is 1. The van der Waals surface area contributed by atoms with Gasteiger partial charge in [-0.3, -0.25) is 0 Å². The molecule has 1 fully saturated rings. The minimum atomic E-state index is -0.958. The molecular weight excluding hydrogens is 304 g/mol.